The van der Waals surface area contributed by atoms with Crippen LogP contribution in [-0.4, -0.2) is 16.6 Å². The molecule has 0 aliphatic heterocycles. The number of benzene rings is 1. The minimum atomic E-state index is -0.383. The second-order valence-electron chi connectivity index (χ2n) is 3.46. The Balaban J connectivity index is 2.30. The van der Waals surface area contributed by atoms with Gasteiger partial charge in [-0.15, -0.1) is 11.6 Å². The highest BCUT2D eigenvalue weighted by atomic mass is 35.5. The summed E-state index contributed by atoms with van der Waals surface area (Å²) in [5.41, 5.74) is 1.46. The number of H-pyrrole nitrogens is 1. The summed E-state index contributed by atoms with van der Waals surface area (Å²) in [5, 5.41) is 0. The highest BCUT2D eigenvalue weighted by molar-refractivity contribution is 6.16. The van der Waals surface area contributed by atoms with E-state index >= 15 is 0 Å². The summed E-state index contributed by atoms with van der Waals surface area (Å²) in [4.78, 5) is 7.07. The summed E-state index contributed by atoms with van der Waals surface area (Å²) in [6.45, 7) is 2.26. The van der Waals surface area contributed by atoms with Gasteiger partial charge >= 0.3 is 0 Å². The van der Waals surface area contributed by atoms with Gasteiger partial charge < -0.3 is 9.72 Å². The second kappa shape index (κ2) is 5.19. The molecule has 0 saturated heterocycles. The predicted octanol–water partition coefficient (Wildman–Crippen LogP) is 3.35. The number of rotatable bonds is 4. The molecule has 1 aromatic heterocycles. The second-order valence-corrected chi connectivity index (χ2v) is 3.72. The zero-order chi connectivity index (χ0) is 12.3. The van der Waals surface area contributed by atoms with E-state index in [0.717, 1.165) is 11.3 Å². The van der Waals surface area contributed by atoms with E-state index in [0.29, 0.717) is 18.3 Å². The summed E-state index contributed by atoms with van der Waals surface area (Å²) in [5.74, 6) is 0.843. The predicted molar refractivity (Wildman–Crippen MR) is 64.7 cm³/mol. The maximum Gasteiger partial charge on any atom is 0.165 e. The average molecular weight is 255 g/mol. The lowest BCUT2D eigenvalue weighted by molar-refractivity contribution is 0.321. The first-order valence-corrected chi connectivity index (χ1v) is 5.80. The van der Waals surface area contributed by atoms with Gasteiger partial charge in [0.25, 0.3) is 0 Å². The van der Waals surface area contributed by atoms with Crippen LogP contribution in [0.4, 0.5) is 4.39 Å². The minimum Gasteiger partial charge on any atom is -0.491 e. The van der Waals surface area contributed by atoms with Crippen LogP contribution in [0.1, 0.15) is 12.7 Å². The van der Waals surface area contributed by atoms with E-state index in [1.165, 1.54) is 6.07 Å². The van der Waals surface area contributed by atoms with Gasteiger partial charge in [-0.2, -0.15) is 0 Å². The molecule has 1 aromatic carbocycles. The molecule has 0 radical (unpaired) electrons. The molecule has 0 amide bonds. The third kappa shape index (κ3) is 2.58. The average Bonchev–Trinajstić information content (AvgIpc) is 2.80. The van der Waals surface area contributed by atoms with Gasteiger partial charge in [-0.1, -0.05) is 0 Å². The molecule has 0 bridgehead atoms. The van der Waals surface area contributed by atoms with Crippen LogP contribution in [0.3, 0.4) is 0 Å². The fourth-order valence-electron chi connectivity index (χ4n) is 1.52. The number of aromatic nitrogens is 2. The molecule has 2 rings (SSSR count). The maximum atomic E-state index is 13.6. The van der Waals surface area contributed by atoms with Gasteiger partial charge in [0.1, 0.15) is 5.82 Å². The van der Waals surface area contributed by atoms with Gasteiger partial charge in [-0.25, -0.2) is 9.37 Å². The number of aromatic amines is 1. The number of hydrogen-bond acceptors (Lipinski definition) is 2. The number of nitrogens with one attached hydrogen (secondary N) is 1. The standard InChI is InChI=1S/C12H12ClFN2O/c1-2-17-11-4-3-8(5-9(11)14)10-7-15-12(6-13)16-10/h3-5,7H,2,6H2,1H3,(H,15,16). The third-order valence-electron chi connectivity index (χ3n) is 2.30. The Kier molecular flexibility index (Phi) is 3.64. The van der Waals surface area contributed by atoms with Crippen LogP contribution in [0, 0.1) is 5.82 Å². The van der Waals surface area contributed by atoms with E-state index in [9.17, 15) is 4.39 Å². The highest BCUT2D eigenvalue weighted by Gasteiger charge is 2.07. The van der Waals surface area contributed by atoms with Crippen LogP contribution < -0.4 is 4.74 Å². The number of hydrogen-bond donors (Lipinski definition) is 1. The summed E-state index contributed by atoms with van der Waals surface area (Å²) in [6.07, 6.45) is 1.63. The smallest absolute Gasteiger partial charge is 0.165 e. The number of halogens is 2. The molecule has 0 fully saturated rings. The summed E-state index contributed by atoms with van der Waals surface area (Å²) in [7, 11) is 0. The topological polar surface area (TPSA) is 37.9 Å². The van der Waals surface area contributed by atoms with Crippen LogP contribution in [0.2, 0.25) is 0 Å². The molecule has 2 aromatic rings. The number of imidazole rings is 1. The van der Waals surface area contributed by atoms with E-state index in [1.54, 1.807) is 18.3 Å². The molecular weight excluding hydrogens is 243 g/mol. The van der Waals surface area contributed by atoms with Crippen molar-refractivity contribution >= 4 is 11.6 Å². The molecule has 17 heavy (non-hydrogen) atoms. The molecule has 5 heteroatoms. The first-order valence-electron chi connectivity index (χ1n) is 5.27. The van der Waals surface area contributed by atoms with Crippen molar-refractivity contribution < 1.29 is 9.13 Å². The summed E-state index contributed by atoms with van der Waals surface area (Å²) < 4.78 is 18.8. The molecule has 0 aliphatic rings. The number of alkyl halides is 1. The first-order chi connectivity index (χ1) is 8.24. The van der Waals surface area contributed by atoms with E-state index in [4.69, 9.17) is 16.3 Å². The highest BCUT2D eigenvalue weighted by Crippen LogP contribution is 2.24. The van der Waals surface area contributed by atoms with Gasteiger partial charge in [-0.05, 0) is 25.1 Å². The van der Waals surface area contributed by atoms with Crippen molar-refractivity contribution in [3.05, 3.63) is 36.0 Å². The molecule has 0 aliphatic carbocycles. The van der Waals surface area contributed by atoms with Gasteiger partial charge in [0.05, 0.1) is 24.4 Å². The van der Waals surface area contributed by atoms with Crippen molar-refractivity contribution in [2.24, 2.45) is 0 Å². The maximum absolute atomic E-state index is 13.6. The zero-order valence-electron chi connectivity index (χ0n) is 9.34. The zero-order valence-corrected chi connectivity index (χ0v) is 10.1. The van der Waals surface area contributed by atoms with E-state index in [1.807, 2.05) is 6.92 Å². The van der Waals surface area contributed by atoms with Crippen molar-refractivity contribution in [3.8, 4) is 17.0 Å². The Hall–Kier alpha value is -1.55. The van der Waals surface area contributed by atoms with Crippen molar-refractivity contribution in [3.63, 3.8) is 0 Å². The fourth-order valence-corrected chi connectivity index (χ4v) is 1.65. The monoisotopic (exact) mass is 254 g/mol. The quantitative estimate of drug-likeness (QED) is 0.850. The minimum absolute atomic E-state index is 0.258. The van der Waals surface area contributed by atoms with Gasteiger partial charge in [0.2, 0.25) is 0 Å². The van der Waals surface area contributed by atoms with Crippen LogP contribution in [0.25, 0.3) is 11.3 Å². The van der Waals surface area contributed by atoms with Crippen LogP contribution in [0.15, 0.2) is 24.4 Å². The SMILES string of the molecule is CCOc1ccc(-c2cnc(CCl)[nH]2)cc1F. The molecule has 0 unspecified atom stereocenters. The fraction of sp³-hybridized carbons (Fsp3) is 0.250. The Labute approximate surface area is 104 Å². The summed E-state index contributed by atoms with van der Waals surface area (Å²) >= 11 is 5.64. The van der Waals surface area contributed by atoms with Crippen molar-refractivity contribution in [1.82, 2.24) is 9.97 Å². The summed E-state index contributed by atoms with van der Waals surface area (Å²) in [6, 6.07) is 4.80. The van der Waals surface area contributed by atoms with Gasteiger partial charge in [0.15, 0.2) is 11.6 Å². The molecule has 0 atom stereocenters. The molecule has 3 nitrogen and oxygen atoms in total. The normalized spacial score (nSPS) is 10.5. The van der Waals surface area contributed by atoms with Crippen molar-refractivity contribution in [2.75, 3.05) is 6.61 Å². The Bertz CT molecular complexity index is 513. The van der Waals surface area contributed by atoms with E-state index < -0.39 is 0 Å². The van der Waals surface area contributed by atoms with Crippen LogP contribution in [-0.2, 0) is 5.88 Å². The van der Waals surface area contributed by atoms with E-state index in [2.05, 4.69) is 9.97 Å². The molecule has 90 valence electrons. The lowest BCUT2D eigenvalue weighted by Crippen LogP contribution is -1.94. The Morgan fingerprint density at radius 1 is 1.47 bits per heavy atom. The Morgan fingerprint density at radius 3 is 2.88 bits per heavy atom. The van der Waals surface area contributed by atoms with Crippen LogP contribution >= 0.6 is 11.6 Å². The van der Waals surface area contributed by atoms with Crippen molar-refractivity contribution in [2.45, 2.75) is 12.8 Å². The van der Waals surface area contributed by atoms with Gasteiger partial charge in [-0.3, -0.25) is 0 Å². The lowest BCUT2D eigenvalue weighted by Gasteiger charge is -2.05. The third-order valence-corrected chi connectivity index (χ3v) is 2.55. The van der Waals surface area contributed by atoms with Crippen LogP contribution in [0.5, 0.6) is 5.75 Å². The molecule has 0 spiro atoms. The van der Waals surface area contributed by atoms with E-state index in [-0.39, 0.29) is 11.6 Å². The first kappa shape index (κ1) is 11.9. The Morgan fingerprint density at radius 2 is 2.29 bits per heavy atom. The lowest BCUT2D eigenvalue weighted by atomic mass is 10.1. The number of nitrogens with zero attached hydrogens (tertiary/aromatic N) is 1. The number of ether oxygens (including phenoxy) is 1. The molecule has 1 heterocycles. The molecule has 0 saturated carbocycles. The van der Waals surface area contributed by atoms with Crippen molar-refractivity contribution in [1.29, 1.82) is 0 Å². The largest absolute Gasteiger partial charge is 0.491 e. The molecule has 1 N–H and O–H groups in total. The van der Waals surface area contributed by atoms with Gasteiger partial charge in [0, 0.05) is 5.56 Å². The molecular formula is C12H12ClFN2O.